The summed E-state index contributed by atoms with van der Waals surface area (Å²) in [6.07, 6.45) is 3.59. The molecule has 1 aliphatic carbocycles. The van der Waals surface area contributed by atoms with Crippen molar-refractivity contribution in [2.45, 2.75) is 36.9 Å². The van der Waals surface area contributed by atoms with E-state index in [0.717, 1.165) is 28.7 Å². The monoisotopic (exact) mass is 391 g/mol. The van der Waals surface area contributed by atoms with E-state index >= 15 is 0 Å². The highest BCUT2D eigenvalue weighted by molar-refractivity contribution is 7.99. The van der Waals surface area contributed by atoms with Crippen LogP contribution >= 0.6 is 23.1 Å². The van der Waals surface area contributed by atoms with Crippen molar-refractivity contribution in [3.05, 3.63) is 17.5 Å². The maximum Gasteiger partial charge on any atom is 0.233 e. The summed E-state index contributed by atoms with van der Waals surface area (Å²) in [7, 11) is 0. The van der Waals surface area contributed by atoms with Crippen LogP contribution in [0.1, 0.15) is 31.7 Å². The molecule has 2 N–H and O–H groups in total. The van der Waals surface area contributed by atoms with Crippen molar-refractivity contribution in [2.75, 3.05) is 18.8 Å². The highest BCUT2D eigenvalue weighted by Gasteiger charge is 2.31. The fraction of sp³-hybridized carbons (Fsp3) is 0.529. The van der Waals surface area contributed by atoms with E-state index in [1.165, 1.54) is 11.8 Å². The number of rotatable bonds is 6. The third kappa shape index (κ3) is 3.64. The zero-order valence-corrected chi connectivity index (χ0v) is 16.0. The number of nitrogens with two attached hydrogens (primary N) is 1. The molecule has 3 heterocycles. The third-order valence-corrected chi connectivity index (χ3v) is 6.69. The minimum atomic E-state index is -0.259. The lowest BCUT2D eigenvalue weighted by atomic mass is 9.96. The Morgan fingerprint density at radius 1 is 1.23 bits per heavy atom. The van der Waals surface area contributed by atoms with Gasteiger partial charge in [-0.1, -0.05) is 17.8 Å². The predicted molar refractivity (Wildman–Crippen MR) is 101 cm³/mol. The zero-order valence-electron chi connectivity index (χ0n) is 14.3. The number of hydrogen-bond donors (Lipinski definition) is 1. The molecular formula is C17H21N5O2S2. The molecular weight excluding hydrogens is 370 g/mol. The number of carbonyl (C=O) groups is 2. The lowest BCUT2D eigenvalue weighted by Gasteiger charge is -2.30. The molecule has 1 aliphatic heterocycles. The molecule has 0 atom stereocenters. The summed E-state index contributed by atoms with van der Waals surface area (Å²) < 4.78 is 2.18. The number of thioether (sulfide) groups is 1. The van der Waals surface area contributed by atoms with E-state index in [9.17, 15) is 9.59 Å². The first-order valence-electron chi connectivity index (χ1n) is 8.82. The Morgan fingerprint density at radius 2 is 2.00 bits per heavy atom. The number of primary amides is 1. The van der Waals surface area contributed by atoms with E-state index in [-0.39, 0.29) is 17.7 Å². The summed E-state index contributed by atoms with van der Waals surface area (Å²) in [6, 6.07) is 4.51. The Bertz CT molecular complexity index is 792. The van der Waals surface area contributed by atoms with Crippen LogP contribution in [0.4, 0.5) is 0 Å². The summed E-state index contributed by atoms with van der Waals surface area (Å²) in [6.45, 7) is 1.20. The summed E-state index contributed by atoms with van der Waals surface area (Å²) >= 11 is 3.11. The lowest BCUT2D eigenvalue weighted by Crippen LogP contribution is -2.42. The van der Waals surface area contributed by atoms with Gasteiger partial charge in [-0.15, -0.1) is 21.5 Å². The maximum atomic E-state index is 12.5. The first-order chi connectivity index (χ1) is 12.6. The lowest BCUT2D eigenvalue weighted by molar-refractivity contribution is -0.132. The van der Waals surface area contributed by atoms with Gasteiger partial charge in [-0.05, 0) is 37.1 Å². The molecule has 0 unspecified atom stereocenters. The standard InChI is InChI=1S/C17H21N5O2S2/c18-15(24)11-5-7-21(8-6-11)14(23)10-26-17-20-19-16(13-2-1-9-25-13)22(17)12-3-4-12/h1-2,9,11-12H,3-8,10H2,(H2,18,24). The molecule has 9 heteroatoms. The number of aromatic nitrogens is 3. The Hall–Kier alpha value is -1.87. The molecule has 1 saturated heterocycles. The van der Waals surface area contributed by atoms with Gasteiger partial charge in [0.25, 0.3) is 0 Å². The first kappa shape index (κ1) is 17.5. The van der Waals surface area contributed by atoms with Gasteiger partial charge in [-0.3, -0.25) is 14.2 Å². The number of thiophene rings is 1. The van der Waals surface area contributed by atoms with Crippen molar-refractivity contribution in [1.29, 1.82) is 0 Å². The van der Waals surface area contributed by atoms with Gasteiger partial charge in [0.2, 0.25) is 11.8 Å². The van der Waals surface area contributed by atoms with Gasteiger partial charge in [0.15, 0.2) is 11.0 Å². The Labute approximate surface area is 160 Å². The molecule has 1 saturated carbocycles. The van der Waals surface area contributed by atoms with Crippen LogP contribution in [-0.4, -0.2) is 50.3 Å². The molecule has 0 aromatic carbocycles. The Kier molecular flexibility index (Phi) is 4.99. The number of nitrogens with zero attached hydrogens (tertiary/aromatic N) is 4. The van der Waals surface area contributed by atoms with Gasteiger partial charge in [-0.25, -0.2) is 0 Å². The van der Waals surface area contributed by atoms with Gasteiger partial charge in [0, 0.05) is 25.0 Å². The first-order valence-corrected chi connectivity index (χ1v) is 10.7. The molecule has 0 radical (unpaired) electrons. The highest BCUT2D eigenvalue weighted by atomic mass is 32.2. The largest absolute Gasteiger partial charge is 0.369 e. The second kappa shape index (κ2) is 7.40. The number of carbonyl (C=O) groups excluding carboxylic acids is 2. The topological polar surface area (TPSA) is 94.1 Å². The molecule has 2 aromatic rings. The van der Waals surface area contributed by atoms with Gasteiger partial charge < -0.3 is 10.6 Å². The smallest absolute Gasteiger partial charge is 0.233 e. The van der Waals surface area contributed by atoms with Crippen molar-refractivity contribution in [3.8, 4) is 10.7 Å². The number of hydrogen-bond acceptors (Lipinski definition) is 6. The molecule has 2 aliphatic rings. The van der Waals surface area contributed by atoms with Gasteiger partial charge in [0.05, 0.1) is 10.6 Å². The normalized spacial score (nSPS) is 18.2. The van der Waals surface area contributed by atoms with E-state index in [1.807, 2.05) is 16.3 Å². The van der Waals surface area contributed by atoms with Crippen molar-refractivity contribution in [2.24, 2.45) is 11.7 Å². The van der Waals surface area contributed by atoms with Crippen molar-refractivity contribution >= 4 is 34.9 Å². The average molecular weight is 392 g/mol. The molecule has 0 spiro atoms. The minimum absolute atomic E-state index is 0.0842. The van der Waals surface area contributed by atoms with Crippen LogP contribution in [-0.2, 0) is 9.59 Å². The molecule has 0 bridgehead atoms. The second-order valence-electron chi connectivity index (χ2n) is 6.73. The molecule has 2 fully saturated rings. The molecule has 2 aromatic heterocycles. The van der Waals surface area contributed by atoms with Crippen LogP contribution in [0.5, 0.6) is 0 Å². The zero-order chi connectivity index (χ0) is 18.1. The fourth-order valence-corrected chi connectivity index (χ4v) is 4.86. The van der Waals surface area contributed by atoms with Gasteiger partial charge in [-0.2, -0.15) is 0 Å². The minimum Gasteiger partial charge on any atom is -0.369 e. The second-order valence-corrected chi connectivity index (χ2v) is 8.62. The van der Waals surface area contributed by atoms with Crippen LogP contribution in [0.25, 0.3) is 10.7 Å². The van der Waals surface area contributed by atoms with E-state index in [0.29, 0.717) is 37.7 Å². The van der Waals surface area contributed by atoms with E-state index in [4.69, 9.17) is 5.73 Å². The number of piperidine rings is 1. The fourth-order valence-electron chi connectivity index (χ4n) is 3.24. The predicted octanol–water partition coefficient (Wildman–Crippen LogP) is 2.16. The van der Waals surface area contributed by atoms with E-state index < -0.39 is 0 Å². The summed E-state index contributed by atoms with van der Waals surface area (Å²) in [4.78, 5) is 26.7. The average Bonchev–Trinajstić information content (AvgIpc) is 3.18. The third-order valence-electron chi connectivity index (χ3n) is 4.89. The van der Waals surface area contributed by atoms with Crippen LogP contribution in [0, 0.1) is 5.92 Å². The van der Waals surface area contributed by atoms with Gasteiger partial charge >= 0.3 is 0 Å². The van der Waals surface area contributed by atoms with Crippen molar-refractivity contribution in [3.63, 3.8) is 0 Å². The Balaban J connectivity index is 1.39. The van der Waals surface area contributed by atoms with Crippen LogP contribution in [0.3, 0.4) is 0 Å². The van der Waals surface area contributed by atoms with Gasteiger partial charge in [0.1, 0.15) is 0 Å². The number of amides is 2. The highest BCUT2D eigenvalue weighted by Crippen LogP contribution is 2.41. The molecule has 2 amide bonds. The summed E-state index contributed by atoms with van der Waals surface area (Å²) in [5.41, 5.74) is 5.35. The van der Waals surface area contributed by atoms with Crippen LogP contribution in [0.2, 0.25) is 0 Å². The van der Waals surface area contributed by atoms with E-state index in [2.05, 4.69) is 20.8 Å². The van der Waals surface area contributed by atoms with Crippen molar-refractivity contribution < 1.29 is 9.59 Å². The quantitative estimate of drug-likeness (QED) is 0.762. The Morgan fingerprint density at radius 3 is 2.62 bits per heavy atom. The molecule has 26 heavy (non-hydrogen) atoms. The maximum absolute atomic E-state index is 12.5. The van der Waals surface area contributed by atoms with E-state index in [1.54, 1.807) is 11.3 Å². The molecule has 138 valence electrons. The number of likely N-dealkylation sites (tertiary alicyclic amines) is 1. The molecule has 7 nitrogen and oxygen atoms in total. The van der Waals surface area contributed by atoms with Crippen LogP contribution < -0.4 is 5.73 Å². The van der Waals surface area contributed by atoms with Crippen LogP contribution in [0.15, 0.2) is 22.7 Å². The van der Waals surface area contributed by atoms with Crippen molar-refractivity contribution in [1.82, 2.24) is 19.7 Å². The summed E-state index contributed by atoms with van der Waals surface area (Å²) in [5.74, 6) is 0.972. The SMILES string of the molecule is NC(=O)C1CCN(C(=O)CSc2nnc(-c3cccs3)n2C2CC2)CC1. The molecule has 4 rings (SSSR count). The summed E-state index contributed by atoms with van der Waals surface area (Å²) in [5, 5.41) is 11.6.